The fourth-order valence-corrected chi connectivity index (χ4v) is 9.16. The minimum absolute atomic E-state index is 0.110. The summed E-state index contributed by atoms with van der Waals surface area (Å²) in [5.74, 6) is -13.1. The van der Waals surface area contributed by atoms with Crippen LogP contribution in [0, 0.1) is 0 Å². The van der Waals surface area contributed by atoms with Crippen molar-refractivity contribution in [2.45, 2.75) is 135 Å². The smallest absolute Gasteiger partial charge is 0.303 e. The molecule has 6 rings (SSSR count). The van der Waals surface area contributed by atoms with Crippen LogP contribution in [0.25, 0.3) is 10.8 Å². The van der Waals surface area contributed by atoms with E-state index in [4.69, 9.17) is 12.2 Å². The van der Waals surface area contributed by atoms with E-state index in [9.17, 15) is 101 Å². The molecule has 76 heavy (non-hydrogen) atoms. The Hall–Kier alpha value is -5.70. The summed E-state index contributed by atoms with van der Waals surface area (Å²) < 4.78 is 25.3. The first-order valence-electron chi connectivity index (χ1n) is 24.8. The van der Waals surface area contributed by atoms with Gasteiger partial charge in [0.15, 0.2) is 11.2 Å². The second-order valence-corrected chi connectivity index (χ2v) is 18.9. The number of rotatable bonds is 20. The number of nitrogens with one attached hydrogen (secondary N) is 4. The van der Waals surface area contributed by atoms with Gasteiger partial charge in [-0.05, 0) is 60.0 Å². The van der Waals surface area contributed by atoms with Gasteiger partial charge < -0.3 is 112 Å². The van der Waals surface area contributed by atoms with E-state index in [1.807, 2.05) is 21.3 Å². The third-order valence-corrected chi connectivity index (χ3v) is 13.5. The highest BCUT2D eigenvalue weighted by Gasteiger charge is 2.75. The number of aliphatic hydroxyl groups is 16. The molecule has 4 amide bonds. The van der Waals surface area contributed by atoms with Crippen LogP contribution in [0.5, 0.6) is 0 Å². The van der Waals surface area contributed by atoms with Gasteiger partial charge in [-0.1, -0.05) is 72.8 Å². The molecule has 16 atom stereocenters. The first-order chi connectivity index (χ1) is 36.6. The zero-order chi connectivity index (χ0) is 57.8. The van der Waals surface area contributed by atoms with Gasteiger partial charge in [0.1, 0.15) is 36.6 Å². The largest absolute Gasteiger partial charge is 0.394 e. The van der Waals surface area contributed by atoms with Crippen molar-refractivity contribution in [2.24, 2.45) is 0 Å². The van der Waals surface area contributed by atoms with E-state index in [1.54, 1.807) is 12.1 Å². The van der Waals surface area contributed by atoms with Crippen molar-refractivity contribution in [1.82, 2.24) is 21.3 Å². The Morgan fingerprint density at radius 3 is 1.20 bits per heavy atom. The molecule has 2 saturated heterocycles. The van der Waals surface area contributed by atoms with E-state index in [1.165, 1.54) is 60.7 Å². The lowest BCUT2D eigenvalue weighted by Gasteiger charge is -2.58. The number of aliphatic hydroxyl groups excluding tert-OH is 10. The van der Waals surface area contributed by atoms with Gasteiger partial charge in [-0.25, -0.2) is 0 Å². The van der Waals surface area contributed by atoms with Crippen LogP contribution in [0.3, 0.4) is 0 Å². The number of fused-ring (bicyclic) bond motifs is 1. The quantitative estimate of drug-likeness (QED) is 0.0366. The maximum absolute atomic E-state index is 14.3. The molecule has 416 valence electrons. The predicted molar refractivity (Wildman–Crippen MR) is 258 cm³/mol. The highest BCUT2D eigenvalue weighted by molar-refractivity contribution is 6.02. The number of hydrogen-bond donors (Lipinski definition) is 20. The van der Waals surface area contributed by atoms with E-state index in [2.05, 4.69) is 0 Å². The second kappa shape index (κ2) is 23.1. The molecule has 2 fully saturated rings. The molecule has 2 aliphatic rings. The highest BCUT2D eigenvalue weighted by atomic mass is 16.7. The number of hydrogen-bond acceptors (Lipinski definition) is 22. The van der Waals surface area contributed by atoms with Crippen LogP contribution in [0.2, 0.25) is 0 Å². The van der Waals surface area contributed by atoms with Gasteiger partial charge in [0.25, 0.3) is 11.8 Å². The lowest BCUT2D eigenvalue weighted by atomic mass is 9.73. The van der Waals surface area contributed by atoms with Crippen LogP contribution in [0.15, 0.2) is 97.1 Å². The molecular weight excluding hydrogens is 1010 g/mol. The summed E-state index contributed by atoms with van der Waals surface area (Å²) in [7, 11) is 0. The number of amides is 4. The van der Waals surface area contributed by atoms with Gasteiger partial charge in [-0.3, -0.25) is 19.2 Å². The Morgan fingerprint density at radius 1 is 0.539 bits per heavy atom. The van der Waals surface area contributed by atoms with E-state index < -0.39 is 183 Å². The molecule has 26 heteroatoms. The van der Waals surface area contributed by atoms with Crippen molar-refractivity contribution in [3.05, 3.63) is 119 Å². The Bertz CT molecular complexity index is 2560. The van der Waals surface area contributed by atoms with Crippen LogP contribution in [0.1, 0.15) is 61.2 Å². The van der Waals surface area contributed by atoms with E-state index >= 15 is 0 Å². The maximum Gasteiger partial charge on any atom is 0.303 e. The lowest BCUT2D eigenvalue weighted by Crippen LogP contribution is -2.88. The van der Waals surface area contributed by atoms with Gasteiger partial charge in [0, 0.05) is 26.7 Å². The fourth-order valence-electron chi connectivity index (χ4n) is 9.16. The molecule has 0 radical (unpaired) electrons. The first-order valence-corrected chi connectivity index (χ1v) is 23.4. The molecule has 0 bridgehead atoms. The average molecular weight is 1080 g/mol. The molecule has 20 N–H and O–H groups in total. The number of carbonyl (C=O) groups excluding carboxylic acids is 4. The van der Waals surface area contributed by atoms with Crippen molar-refractivity contribution >= 4 is 34.4 Å². The Kier molecular flexibility index (Phi) is 17.2. The Balaban J connectivity index is 1.35. The minimum atomic E-state index is -3.72. The second-order valence-electron chi connectivity index (χ2n) is 18.9. The van der Waals surface area contributed by atoms with Crippen molar-refractivity contribution in [2.75, 3.05) is 13.2 Å². The van der Waals surface area contributed by atoms with E-state index in [-0.39, 0.29) is 21.9 Å². The number of carbonyl (C=O) groups is 4. The molecule has 0 spiro atoms. The average Bonchev–Trinajstić information content (AvgIpc) is 3.57. The molecule has 26 nitrogen and oxygen atoms in total. The zero-order valence-corrected chi connectivity index (χ0v) is 40.3. The van der Waals surface area contributed by atoms with Crippen LogP contribution >= 0.6 is 0 Å². The summed E-state index contributed by atoms with van der Waals surface area (Å²) >= 11 is 0. The first kappa shape index (κ1) is 56.5. The summed E-state index contributed by atoms with van der Waals surface area (Å²) in [5.41, 5.74) is -14.3. The summed E-state index contributed by atoms with van der Waals surface area (Å²) in [5, 5.41) is 186. The zero-order valence-electron chi connectivity index (χ0n) is 42.3. The van der Waals surface area contributed by atoms with Crippen molar-refractivity contribution < 1.29 is 113 Å². The van der Waals surface area contributed by atoms with Crippen molar-refractivity contribution in [3.63, 3.8) is 0 Å². The molecule has 2 aliphatic heterocycles. The summed E-state index contributed by atoms with van der Waals surface area (Å²) in [6, 6.07) is 21.7. The Morgan fingerprint density at radius 2 is 0.882 bits per heavy atom. The molecule has 0 unspecified atom stereocenters. The van der Waals surface area contributed by atoms with Crippen LogP contribution in [0.4, 0.5) is 0 Å². The monoisotopic (exact) mass is 1070 g/mol. The van der Waals surface area contributed by atoms with Crippen LogP contribution < -0.4 is 21.3 Å². The van der Waals surface area contributed by atoms with Crippen molar-refractivity contribution in [1.29, 1.82) is 0 Å². The summed E-state index contributed by atoms with van der Waals surface area (Å²) in [6.07, 6.45) is -24.8. The SMILES string of the molecule is [2H]C[C@@H](O)[C@@H](O)[C@H](O)CC(=O)N[C@]1(O)O[C@H](CO)[C@@H](O)[C@@](O)(Cc2ccccc2)[C@]1(O)NC(=O)c1ccc2cc(C(=O)N[C@]3(O)[C@](O)(NC(=O)C[C@@H](O)[C@H](O)[C@H](O)C[2H])O[C@H](CO)[C@@H](O)[C@@]3(O)Cc3ccccc3)ccc2c1. The summed E-state index contributed by atoms with van der Waals surface area (Å²) in [6.45, 7) is -3.95. The fraction of sp³-hybridized carbons (Fsp3) is 0.480. The summed E-state index contributed by atoms with van der Waals surface area (Å²) in [4.78, 5) is 55.3. The van der Waals surface area contributed by atoms with E-state index in [0.29, 0.717) is 0 Å². The third kappa shape index (κ3) is 11.5. The van der Waals surface area contributed by atoms with Gasteiger partial charge in [-0.2, -0.15) is 0 Å². The molecule has 0 aliphatic carbocycles. The minimum Gasteiger partial charge on any atom is -0.394 e. The van der Waals surface area contributed by atoms with Gasteiger partial charge >= 0.3 is 11.8 Å². The predicted octanol–water partition coefficient (Wildman–Crippen LogP) is -6.36. The number of ether oxygens (including phenoxy) is 2. The lowest BCUT2D eigenvalue weighted by molar-refractivity contribution is -0.428. The maximum atomic E-state index is 14.3. The van der Waals surface area contributed by atoms with E-state index in [0.717, 1.165) is 24.3 Å². The molecule has 4 aromatic rings. The number of benzene rings is 4. The topological polar surface area (TPSA) is 459 Å². The van der Waals surface area contributed by atoms with Gasteiger partial charge in [0.2, 0.25) is 23.3 Å². The molecular formula is C50H64N4O22. The molecule has 4 aromatic carbocycles. The molecule has 0 aromatic heterocycles. The van der Waals surface area contributed by atoms with Crippen LogP contribution in [-0.4, -0.2) is 214 Å². The third-order valence-electron chi connectivity index (χ3n) is 13.5. The highest BCUT2D eigenvalue weighted by Crippen LogP contribution is 2.45. The van der Waals surface area contributed by atoms with Gasteiger partial charge in [0.05, 0.1) is 50.5 Å². The van der Waals surface area contributed by atoms with Crippen LogP contribution in [-0.2, 0) is 31.9 Å². The Labute approximate surface area is 435 Å². The standard InChI is InChI=1S/C50H64N4O22/c1-25(57)39(63)33(59)19-37(61)51-49(73)47(71,45(69,41(65)35(23-55)75-49)21-27-9-5-3-6-10-27)53-43(67)31-15-13-30-18-32(16-14-29(30)17-31)44(68)54-48(72)46(70,22-28-11-7-4-8-12-28)42(66)36(24-56)76-50(48,74)52-38(62)20-34(60)40(64)26(2)58/h3-18,25-26,33-36,39-42,55-60,63-66,69-74H,19-24H2,1-2H3,(H,51,61)(H,52,62)(H,53,67)(H,54,68)/t25-,26-,33-,34-,35-,36-,39-,40-,41-,42-,45+,46+,47-,48-,49-,50-/m1/s1/i1D,2D. The van der Waals surface area contributed by atoms with Crippen molar-refractivity contribution in [3.8, 4) is 0 Å². The normalized spacial score (nSPS) is 32.3. The van der Waals surface area contributed by atoms with Gasteiger partial charge in [-0.15, -0.1) is 0 Å². The molecule has 2 heterocycles. The molecule has 0 saturated carbocycles.